The molecule has 98 valence electrons. The molecule has 1 aliphatic rings. The third-order valence-corrected chi connectivity index (χ3v) is 2.95. The molecule has 0 saturated carbocycles. The van der Waals surface area contributed by atoms with Gasteiger partial charge in [-0.05, 0) is 25.5 Å². The molecule has 0 aliphatic carbocycles. The van der Waals surface area contributed by atoms with Crippen LogP contribution in [0.1, 0.15) is 30.7 Å². The third kappa shape index (κ3) is 2.09. The quantitative estimate of drug-likeness (QED) is 0.901. The van der Waals surface area contributed by atoms with Crippen LogP contribution < -0.4 is 5.32 Å². The first-order valence-electron chi connectivity index (χ1n) is 6.31. The van der Waals surface area contributed by atoms with Crippen LogP contribution in [0.2, 0.25) is 0 Å². The van der Waals surface area contributed by atoms with Gasteiger partial charge in [0.2, 0.25) is 0 Å². The van der Waals surface area contributed by atoms with Gasteiger partial charge < -0.3 is 5.32 Å². The molecule has 1 aliphatic heterocycles. The van der Waals surface area contributed by atoms with E-state index >= 15 is 0 Å². The summed E-state index contributed by atoms with van der Waals surface area (Å²) >= 11 is 0. The molecule has 0 fully saturated rings. The Morgan fingerprint density at radius 3 is 2.89 bits per heavy atom. The number of nitrogens with zero attached hydrogens (tertiary/aromatic N) is 5. The van der Waals surface area contributed by atoms with Crippen molar-refractivity contribution < 1.29 is 0 Å². The van der Waals surface area contributed by atoms with Crippen LogP contribution in [0, 0.1) is 0 Å². The average molecular weight is 256 g/mol. The second-order valence-corrected chi connectivity index (χ2v) is 4.94. The van der Waals surface area contributed by atoms with Crippen LogP contribution in [-0.4, -0.2) is 31.7 Å². The summed E-state index contributed by atoms with van der Waals surface area (Å²) in [6.07, 6.45) is 3.69. The Morgan fingerprint density at radius 1 is 1.37 bits per heavy atom. The Hall–Kier alpha value is -2.24. The molecule has 1 N–H and O–H groups in total. The van der Waals surface area contributed by atoms with E-state index in [0.717, 1.165) is 22.8 Å². The Kier molecular flexibility index (Phi) is 2.77. The van der Waals surface area contributed by atoms with Crippen LogP contribution in [0.25, 0.3) is 0 Å². The SMILES string of the molecule is CC(C)Nc1nccc2c1C(c1cn(C)nn1)=NC2. The van der Waals surface area contributed by atoms with Crippen molar-refractivity contribution in [3.05, 3.63) is 35.3 Å². The Morgan fingerprint density at radius 2 is 2.21 bits per heavy atom. The van der Waals surface area contributed by atoms with Crippen LogP contribution in [0.5, 0.6) is 0 Å². The summed E-state index contributed by atoms with van der Waals surface area (Å²) in [6, 6.07) is 2.33. The minimum Gasteiger partial charge on any atom is -0.367 e. The van der Waals surface area contributed by atoms with Crippen LogP contribution in [0.15, 0.2) is 23.5 Å². The fourth-order valence-corrected chi connectivity index (χ4v) is 2.19. The smallest absolute Gasteiger partial charge is 0.136 e. The van der Waals surface area contributed by atoms with E-state index in [9.17, 15) is 0 Å². The van der Waals surface area contributed by atoms with Crippen molar-refractivity contribution >= 4 is 11.5 Å². The van der Waals surface area contributed by atoms with Crippen molar-refractivity contribution in [2.24, 2.45) is 12.0 Å². The number of nitrogens with one attached hydrogen (secondary N) is 1. The first-order chi connectivity index (χ1) is 9.15. The van der Waals surface area contributed by atoms with E-state index in [1.165, 1.54) is 5.56 Å². The molecule has 2 aromatic rings. The maximum Gasteiger partial charge on any atom is 0.136 e. The average Bonchev–Trinajstić information content (AvgIpc) is 2.94. The molecule has 0 aromatic carbocycles. The van der Waals surface area contributed by atoms with Gasteiger partial charge in [0.05, 0.1) is 18.5 Å². The lowest BCUT2D eigenvalue weighted by atomic mass is 10.1. The number of aromatic nitrogens is 4. The molecule has 19 heavy (non-hydrogen) atoms. The molecule has 6 heteroatoms. The molecule has 0 spiro atoms. The predicted octanol–water partition coefficient (Wildman–Crippen LogP) is 1.38. The number of aliphatic imine (C=N–C) groups is 1. The van der Waals surface area contributed by atoms with Crippen molar-refractivity contribution in [2.45, 2.75) is 26.4 Å². The van der Waals surface area contributed by atoms with Gasteiger partial charge in [-0.3, -0.25) is 9.67 Å². The monoisotopic (exact) mass is 256 g/mol. The molecule has 6 nitrogen and oxygen atoms in total. The van der Waals surface area contributed by atoms with Gasteiger partial charge in [-0.2, -0.15) is 0 Å². The second kappa shape index (κ2) is 4.46. The fraction of sp³-hybridized carbons (Fsp3) is 0.385. The molecule has 2 aromatic heterocycles. The molecule has 0 unspecified atom stereocenters. The van der Waals surface area contributed by atoms with Crippen molar-refractivity contribution in [1.29, 1.82) is 0 Å². The van der Waals surface area contributed by atoms with E-state index in [1.54, 1.807) is 4.68 Å². The Bertz CT molecular complexity index is 640. The normalized spacial score (nSPS) is 13.6. The molecule has 0 amide bonds. The topological polar surface area (TPSA) is 68.0 Å². The predicted molar refractivity (Wildman–Crippen MR) is 73.3 cm³/mol. The summed E-state index contributed by atoms with van der Waals surface area (Å²) in [5.41, 5.74) is 3.90. The number of fused-ring (bicyclic) bond motifs is 1. The van der Waals surface area contributed by atoms with Gasteiger partial charge in [-0.25, -0.2) is 4.98 Å². The lowest BCUT2D eigenvalue weighted by Gasteiger charge is -2.13. The van der Waals surface area contributed by atoms with Gasteiger partial charge in [0.25, 0.3) is 0 Å². The summed E-state index contributed by atoms with van der Waals surface area (Å²) in [4.78, 5) is 9.00. The zero-order valence-corrected chi connectivity index (χ0v) is 11.3. The van der Waals surface area contributed by atoms with Crippen LogP contribution in [0.4, 0.5) is 5.82 Å². The van der Waals surface area contributed by atoms with E-state index < -0.39 is 0 Å². The zero-order valence-electron chi connectivity index (χ0n) is 11.3. The molecule has 3 rings (SSSR count). The standard InChI is InChI=1S/C13H16N6/c1-8(2)16-13-11-9(4-5-14-13)6-15-12(11)10-7-19(3)18-17-10/h4-5,7-8H,6H2,1-3H3,(H,14,16). The highest BCUT2D eigenvalue weighted by atomic mass is 15.4. The molecule has 0 radical (unpaired) electrons. The molecule has 0 bridgehead atoms. The fourth-order valence-electron chi connectivity index (χ4n) is 2.19. The van der Waals surface area contributed by atoms with Crippen molar-refractivity contribution in [2.75, 3.05) is 5.32 Å². The first-order valence-corrected chi connectivity index (χ1v) is 6.31. The maximum atomic E-state index is 4.58. The maximum absolute atomic E-state index is 4.58. The third-order valence-electron chi connectivity index (χ3n) is 2.95. The van der Waals surface area contributed by atoms with Crippen LogP contribution in [0.3, 0.4) is 0 Å². The molecule has 0 atom stereocenters. The van der Waals surface area contributed by atoms with Gasteiger partial charge in [0.15, 0.2) is 0 Å². The van der Waals surface area contributed by atoms with Gasteiger partial charge in [-0.1, -0.05) is 5.21 Å². The minimum absolute atomic E-state index is 0.322. The number of aryl methyl sites for hydroxylation is 1. The lowest BCUT2D eigenvalue weighted by molar-refractivity contribution is 0.714. The highest BCUT2D eigenvalue weighted by Crippen LogP contribution is 2.27. The molecule has 0 saturated heterocycles. The zero-order chi connectivity index (χ0) is 13.4. The summed E-state index contributed by atoms with van der Waals surface area (Å²) in [5, 5.41) is 11.5. The Labute approximate surface area is 111 Å². The summed E-state index contributed by atoms with van der Waals surface area (Å²) in [7, 11) is 1.85. The van der Waals surface area contributed by atoms with Crippen molar-refractivity contribution in [3.63, 3.8) is 0 Å². The molecular weight excluding hydrogens is 240 g/mol. The van der Waals surface area contributed by atoms with Gasteiger partial charge in [-0.15, -0.1) is 5.10 Å². The lowest BCUT2D eigenvalue weighted by Crippen LogP contribution is -2.15. The van der Waals surface area contributed by atoms with Gasteiger partial charge in [0, 0.05) is 24.8 Å². The van der Waals surface area contributed by atoms with Gasteiger partial charge >= 0.3 is 0 Å². The number of pyridine rings is 1. The van der Waals surface area contributed by atoms with Crippen molar-refractivity contribution in [3.8, 4) is 0 Å². The van der Waals surface area contributed by atoms with E-state index in [1.807, 2.05) is 25.5 Å². The van der Waals surface area contributed by atoms with Gasteiger partial charge in [0.1, 0.15) is 11.5 Å². The summed E-state index contributed by atoms with van der Waals surface area (Å²) in [6.45, 7) is 4.86. The van der Waals surface area contributed by atoms with Crippen LogP contribution >= 0.6 is 0 Å². The minimum atomic E-state index is 0.322. The number of hydrogen-bond acceptors (Lipinski definition) is 5. The molecular formula is C13H16N6. The Balaban J connectivity index is 2.06. The molecule has 3 heterocycles. The number of hydrogen-bond donors (Lipinski definition) is 1. The number of anilines is 1. The van der Waals surface area contributed by atoms with E-state index in [4.69, 9.17) is 0 Å². The van der Waals surface area contributed by atoms with E-state index in [-0.39, 0.29) is 0 Å². The highest BCUT2D eigenvalue weighted by molar-refractivity contribution is 6.16. The second-order valence-electron chi connectivity index (χ2n) is 4.94. The van der Waals surface area contributed by atoms with Crippen molar-refractivity contribution in [1.82, 2.24) is 20.0 Å². The van der Waals surface area contributed by atoms with Crippen LogP contribution in [-0.2, 0) is 13.6 Å². The summed E-state index contributed by atoms with van der Waals surface area (Å²) in [5.74, 6) is 0.870. The number of rotatable bonds is 3. The first kappa shape index (κ1) is 11.8. The largest absolute Gasteiger partial charge is 0.367 e. The van der Waals surface area contributed by atoms with E-state index in [2.05, 4.69) is 39.5 Å². The summed E-state index contributed by atoms with van der Waals surface area (Å²) < 4.78 is 1.68. The highest BCUT2D eigenvalue weighted by Gasteiger charge is 2.24. The van der Waals surface area contributed by atoms with E-state index in [0.29, 0.717) is 12.6 Å².